The maximum Gasteiger partial charge on any atom is 0.263 e. The maximum absolute atomic E-state index is 13.8. The SMILES string of the molecule is O=S(=O)(Nc1nccs1)c1ccc(-c2ncc(Cc3ccccc3F)[nH]2)cc1. The highest BCUT2D eigenvalue weighted by molar-refractivity contribution is 7.93. The fourth-order valence-electron chi connectivity index (χ4n) is 2.68. The van der Waals surface area contributed by atoms with Crippen LogP contribution in [0.25, 0.3) is 11.4 Å². The van der Waals surface area contributed by atoms with Gasteiger partial charge in [-0.1, -0.05) is 18.2 Å². The molecular weight excluding hydrogens is 399 g/mol. The fourth-order valence-corrected chi connectivity index (χ4v) is 4.47. The van der Waals surface area contributed by atoms with Crippen LogP contribution in [-0.2, 0) is 16.4 Å². The molecule has 0 aliphatic heterocycles. The monoisotopic (exact) mass is 414 g/mol. The normalized spacial score (nSPS) is 11.5. The van der Waals surface area contributed by atoms with E-state index in [2.05, 4.69) is 19.7 Å². The summed E-state index contributed by atoms with van der Waals surface area (Å²) in [5, 5.41) is 2.00. The van der Waals surface area contributed by atoms with Gasteiger partial charge in [-0.3, -0.25) is 4.72 Å². The molecule has 28 heavy (non-hydrogen) atoms. The summed E-state index contributed by atoms with van der Waals surface area (Å²) in [6, 6.07) is 12.9. The molecule has 0 aliphatic carbocycles. The number of imidazole rings is 1. The molecule has 0 unspecified atom stereocenters. The Bertz CT molecular complexity index is 1190. The second kappa shape index (κ2) is 7.53. The van der Waals surface area contributed by atoms with E-state index in [9.17, 15) is 12.8 Å². The van der Waals surface area contributed by atoms with E-state index in [1.54, 1.807) is 41.9 Å². The van der Waals surface area contributed by atoms with Crippen LogP contribution in [0.3, 0.4) is 0 Å². The summed E-state index contributed by atoms with van der Waals surface area (Å²) in [5.41, 5.74) is 2.07. The van der Waals surface area contributed by atoms with Crippen LogP contribution in [0, 0.1) is 5.82 Å². The molecule has 2 heterocycles. The Kier molecular flexibility index (Phi) is 4.93. The summed E-state index contributed by atoms with van der Waals surface area (Å²) in [6.07, 6.45) is 3.57. The number of sulfonamides is 1. The van der Waals surface area contributed by atoms with Crippen LogP contribution in [0.1, 0.15) is 11.3 Å². The molecule has 4 aromatic rings. The van der Waals surface area contributed by atoms with Gasteiger partial charge in [0, 0.05) is 35.5 Å². The van der Waals surface area contributed by atoms with Crippen molar-refractivity contribution in [2.24, 2.45) is 0 Å². The smallest absolute Gasteiger partial charge is 0.263 e. The zero-order valence-corrected chi connectivity index (χ0v) is 16.1. The van der Waals surface area contributed by atoms with Crippen molar-refractivity contribution >= 4 is 26.5 Å². The zero-order chi connectivity index (χ0) is 19.6. The largest absolute Gasteiger partial charge is 0.342 e. The molecule has 142 valence electrons. The van der Waals surface area contributed by atoms with Crippen LogP contribution in [0.2, 0.25) is 0 Å². The first kappa shape index (κ1) is 18.3. The Labute approximate surface area is 165 Å². The van der Waals surface area contributed by atoms with Gasteiger partial charge in [-0.2, -0.15) is 0 Å². The third-order valence-corrected chi connectivity index (χ3v) is 6.23. The summed E-state index contributed by atoms with van der Waals surface area (Å²) < 4.78 is 41.0. The molecular formula is C19H15FN4O2S2. The highest BCUT2D eigenvalue weighted by Crippen LogP contribution is 2.22. The topological polar surface area (TPSA) is 87.7 Å². The lowest BCUT2D eigenvalue weighted by Gasteiger charge is -2.06. The number of thiazole rings is 1. The lowest BCUT2D eigenvalue weighted by atomic mass is 10.1. The molecule has 0 bridgehead atoms. The molecule has 0 radical (unpaired) electrons. The van der Waals surface area contributed by atoms with Crippen molar-refractivity contribution in [1.29, 1.82) is 0 Å². The van der Waals surface area contributed by atoms with Crippen molar-refractivity contribution in [3.05, 3.63) is 83.4 Å². The van der Waals surface area contributed by atoms with Crippen LogP contribution in [0.5, 0.6) is 0 Å². The Morgan fingerprint density at radius 1 is 1.07 bits per heavy atom. The molecule has 4 rings (SSSR count). The first-order valence-corrected chi connectivity index (χ1v) is 10.7. The van der Waals surface area contributed by atoms with Crippen molar-refractivity contribution in [3.8, 4) is 11.4 Å². The summed E-state index contributed by atoms with van der Waals surface area (Å²) in [6.45, 7) is 0. The molecule has 0 saturated heterocycles. The Balaban J connectivity index is 1.52. The number of H-pyrrole nitrogens is 1. The average molecular weight is 414 g/mol. The molecule has 2 aromatic heterocycles. The predicted octanol–water partition coefficient (Wildman–Crippen LogP) is 4.06. The number of aromatic amines is 1. The van der Waals surface area contributed by atoms with Crippen LogP contribution < -0.4 is 4.72 Å². The number of nitrogens with one attached hydrogen (secondary N) is 2. The van der Waals surface area contributed by atoms with Gasteiger partial charge in [0.05, 0.1) is 4.90 Å². The third-order valence-electron chi connectivity index (χ3n) is 4.06. The quantitative estimate of drug-likeness (QED) is 0.498. The van der Waals surface area contributed by atoms with Crippen molar-refractivity contribution in [2.75, 3.05) is 4.72 Å². The lowest BCUT2D eigenvalue weighted by molar-refractivity contribution is 0.601. The standard InChI is InChI=1S/C19H15FN4O2S2/c20-17-4-2-1-3-14(17)11-15-12-22-18(23-15)13-5-7-16(8-6-13)28(25,26)24-19-21-9-10-27-19/h1-10,12H,11H2,(H,21,24)(H,22,23). The molecule has 0 fully saturated rings. The van der Waals surface area contributed by atoms with Gasteiger partial charge < -0.3 is 4.98 Å². The van der Waals surface area contributed by atoms with E-state index in [0.717, 1.165) is 11.3 Å². The van der Waals surface area contributed by atoms with Crippen molar-refractivity contribution in [1.82, 2.24) is 15.0 Å². The number of aromatic nitrogens is 3. The number of hydrogen-bond acceptors (Lipinski definition) is 5. The first-order chi connectivity index (χ1) is 13.5. The van der Waals surface area contributed by atoms with E-state index >= 15 is 0 Å². The van der Waals surface area contributed by atoms with Gasteiger partial charge in [-0.05, 0) is 35.9 Å². The number of nitrogens with zero attached hydrogens (tertiary/aromatic N) is 2. The molecule has 0 atom stereocenters. The number of rotatable bonds is 6. The van der Waals surface area contributed by atoms with Gasteiger partial charge >= 0.3 is 0 Å². The molecule has 2 N–H and O–H groups in total. The molecule has 0 amide bonds. The van der Waals surface area contributed by atoms with E-state index in [4.69, 9.17) is 0 Å². The van der Waals surface area contributed by atoms with Gasteiger partial charge in [-0.15, -0.1) is 11.3 Å². The number of hydrogen-bond donors (Lipinski definition) is 2. The van der Waals surface area contributed by atoms with E-state index in [1.165, 1.54) is 35.7 Å². The Hall–Kier alpha value is -3.04. The second-order valence-electron chi connectivity index (χ2n) is 5.99. The highest BCUT2D eigenvalue weighted by Gasteiger charge is 2.16. The minimum Gasteiger partial charge on any atom is -0.342 e. The maximum atomic E-state index is 13.8. The van der Waals surface area contributed by atoms with Gasteiger partial charge in [0.1, 0.15) is 11.6 Å². The average Bonchev–Trinajstić information content (AvgIpc) is 3.36. The van der Waals surface area contributed by atoms with Crippen molar-refractivity contribution in [3.63, 3.8) is 0 Å². The number of anilines is 1. The summed E-state index contributed by atoms with van der Waals surface area (Å²) in [4.78, 5) is 11.5. The van der Waals surface area contributed by atoms with Crippen LogP contribution in [0.15, 0.2) is 71.2 Å². The predicted molar refractivity (Wildman–Crippen MR) is 106 cm³/mol. The Morgan fingerprint density at radius 2 is 1.86 bits per heavy atom. The van der Waals surface area contributed by atoms with Crippen molar-refractivity contribution < 1.29 is 12.8 Å². The van der Waals surface area contributed by atoms with E-state index in [0.29, 0.717) is 22.9 Å². The minimum absolute atomic E-state index is 0.129. The van der Waals surface area contributed by atoms with Crippen molar-refractivity contribution in [2.45, 2.75) is 11.3 Å². The van der Waals surface area contributed by atoms with Crippen LogP contribution in [-0.4, -0.2) is 23.4 Å². The molecule has 9 heteroatoms. The van der Waals surface area contributed by atoms with Gasteiger partial charge in [0.15, 0.2) is 5.13 Å². The number of halogens is 1. The lowest BCUT2D eigenvalue weighted by Crippen LogP contribution is -2.12. The summed E-state index contributed by atoms with van der Waals surface area (Å²) in [7, 11) is -3.70. The van der Waals surface area contributed by atoms with E-state index < -0.39 is 10.0 Å². The fraction of sp³-hybridized carbons (Fsp3) is 0.0526. The van der Waals surface area contributed by atoms with Gasteiger partial charge in [0.2, 0.25) is 0 Å². The third kappa shape index (κ3) is 3.95. The zero-order valence-electron chi connectivity index (χ0n) is 14.5. The molecule has 0 aliphatic rings. The van der Waals surface area contributed by atoms with E-state index in [1.807, 2.05) is 0 Å². The van der Waals surface area contributed by atoms with Crippen LogP contribution in [0.4, 0.5) is 9.52 Å². The second-order valence-corrected chi connectivity index (χ2v) is 8.57. The molecule has 2 aromatic carbocycles. The Morgan fingerprint density at radius 3 is 2.57 bits per heavy atom. The van der Waals surface area contributed by atoms with E-state index in [-0.39, 0.29) is 10.7 Å². The molecule has 6 nitrogen and oxygen atoms in total. The summed E-state index contributed by atoms with van der Waals surface area (Å²) >= 11 is 1.21. The molecule has 0 saturated carbocycles. The number of benzene rings is 2. The highest BCUT2D eigenvalue weighted by atomic mass is 32.2. The first-order valence-electron chi connectivity index (χ1n) is 8.31. The van der Waals surface area contributed by atoms with Gasteiger partial charge in [-0.25, -0.2) is 22.8 Å². The molecule has 0 spiro atoms. The minimum atomic E-state index is -3.70. The van der Waals surface area contributed by atoms with Crippen LogP contribution >= 0.6 is 11.3 Å². The van der Waals surface area contributed by atoms with Gasteiger partial charge in [0.25, 0.3) is 10.0 Å². The summed E-state index contributed by atoms with van der Waals surface area (Å²) in [5.74, 6) is 0.323.